The number of H-pyrrole nitrogens is 1. The maximum absolute atomic E-state index is 12.8. The van der Waals surface area contributed by atoms with Crippen LogP contribution in [0.5, 0.6) is 5.75 Å². The predicted octanol–water partition coefficient (Wildman–Crippen LogP) is 1.60. The molecule has 4 aromatic rings. The Bertz CT molecular complexity index is 1330. The van der Waals surface area contributed by atoms with Crippen LogP contribution >= 0.6 is 0 Å². The average Bonchev–Trinajstić information content (AvgIpc) is 3.10. The number of amides is 1. The monoisotopic (exact) mass is 404 g/mol. The van der Waals surface area contributed by atoms with E-state index in [1.807, 2.05) is 36.1 Å². The summed E-state index contributed by atoms with van der Waals surface area (Å²) in [5, 5.41) is 3.71. The Morgan fingerprint density at radius 1 is 1.13 bits per heavy atom. The van der Waals surface area contributed by atoms with Crippen LogP contribution in [0.4, 0.5) is 5.69 Å². The number of anilines is 1. The van der Waals surface area contributed by atoms with Crippen molar-refractivity contribution in [1.82, 2.24) is 24.8 Å². The second kappa shape index (κ2) is 7.18. The summed E-state index contributed by atoms with van der Waals surface area (Å²) in [6, 6.07) is 9.28. The molecule has 1 aliphatic rings. The summed E-state index contributed by atoms with van der Waals surface area (Å²) in [5.41, 5.74) is 3.12. The van der Waals surface area contributed by atoms with Crippen molar-refractivity contribution in [2.45, 2.75) is 6.92 Å². The third kappa shape index (κ3) is 2.95. The van der Waals surface area contributed by atoms with Gasteiger partial charge < -0.3 is 15.0 Å². The second-order valence-corrected chi connectivity index (χ2v) is 7.01. The standard InChI is InChI=1S/C21H20N6O3/c1-2-30-17-6-8-24-20-19(17)27(21(29)25-20)13-3-4-15-14(11-13)16(5-7-22-15)26-10-9-23-18(28)12-26/h3-8,11H,2,9-10,12H2,1H3,(H,23,28)(H,24,25,29). The van der Waals surface area contributed by atoms with E-state index in [-0.39, 0.29) is 18.1 Å². The van der Waals surface area contributed by atoms with Gasteiger partial charge in [0.1, 0.15) is 11.3 Å². The highest BCUT2D eigenvalue weighted by atomic mass is 16.5. The van der Waals surface area contributed by atoms with Crippen LogP contribution in [0.1, 0.15) is 6.92 Å². The quantitative estimate of drug-likeness (QED) is 0.535. The van der Waals surface area contributed by atoms with Crippen LogP contribution in [-0.2, 0) is 4.79 Å². The first-order valence-electron chi connectivity index (χ1n) is 9.79. The SMILES string of the molecule is CCOc1ccnc2[nH]c(=O)n(-c3ccc4nccc(N5CCNC(=O)C5)c4c3)c12. The second-order valence-electron chi connectivity index (χ2n) is 7.01. The minimum Gasteiger partial charge on any atom is -0.491 e. The summed E-state index contributed by atoms with van der Waals surface area (Å²) >= 11 is 0. The number of benzene rings is 1. The van der Waals surface area contributed by atoms with Crippen molar-refractivity contribution in [2.24, 2.45) is 0 Å². The number of carbonyl (C=O) groups excluding carboxylic acids is 1. The molecule has 2 N–H and O–H groups in total. The van der Waals surface area contributed by atoms with E-state index in [0.717, 1.165) is 16.6 Å². The molecule has 30 heavy (non-hydrogen) atoms. The number of imidazole rings is 1. The Morgan fingerprint density at radius 3 is 2.83 bits per heavy atom. The molecule has 0 radical (unpaired) electrons. The lowest BCUT2D eigenvalue weighted by Gasteiger charge is -2.29. The lowest BCUT2D eigenvalue weighted by atomic mass is 10.1. The van der Waals surface area contributed by atoms with Crippen LogP contribution in [0, 0.1) is 0 Å². The van der Waals surface area contributed by atoms with E-state index in [0.29, 0.717) is 42.3 Å². The lowest BCUT2D eigenvalue weighted by Crippen LogP contribution is -2.47. The summed E-state index contributed by atoms with van der Waals surface area (Å²) in [5.74, 6) is 0.572. The fourth-order valence-electron chi connectivity index (χ4n) is 3.90. The molecule has 1 saturated heterocycles. The van der Waals surface area contributed by atoms with Gasteiger partial charge in [0.25, 0.3) is 0 Å². The van der Waals surface area contributed by atoms with Crippen molar-refractivity contribution >= 4 is 33.7 Å². The fourth-order valence-corrected chi connectivity index (χ4v) is 3.90. The maximum Gasteiger partial charge on any atom is 0.332 e. The first-order valence-corrected chi connectivity index (χ1v) is 9.79. The van der Waals surface area contributed by atoms with Crippen molar-refractivity contribution in [3.05, 3.63) is 53.2 Å². The molecule has 5 rings (SSSR count). The minimum atomic E-state index is -0.299. The Hall–Kier alpha value is -3.88. The van der Waals surface area contributed by atoms with Crippen LogP contribution in [0.25, 0.3) is 27.8 Å². The molecule has 152 valence electrons. The Kier molecular flexibility index (Phi) is 4.35. The highest BCUT2D eigenvalue weighted by molar-refractivity contribution is 5.95. The molecule has 3 aromatic heterocycles. The number of piperazine rings is 1. The number of rotatable bonds is 4. The van der Waals surface area contributed by atoms with Crippen molar-refractivity contribution in [3.63, 3.8) is 0 Å². The molecule has 0 saturated carbocycles. The molecule has 1 aliphatic heterocycles. The number of carbonyl (C=O) groups is 1. The molecule has 0 spiro atoms. The van der Waals surface area contributed by atoms with Crippen LogP contribution < -0.4 is 20.6 Å². The summed E-state index contributed by atoms with van der Waals surface area (Å²) in [7, 11) is 0. The zero-order valence-corrected chi connectivity index (χ0v) is 16.4. The lowest BCUT2D eigenvalue weighted by molar-refractivity contribution is -0.120. The van der Waals surface area contributed by atoms with E-state index in [9.17, 15) is 9.59 Å². The van der Waals surface area contributed by atoms with E-state index >= 15 is 0 Å². The van der Waals surface area contributed by atoms with Gasteiger partial charge in [-0.05, 0) is 31.2 Å². The number of pyridine rings is 2. The summed E-state index contributed by atoms with van der Waals surface area (Å²) in [4.78, 5) is 38.2. The average molecular weight is 404 g/mol. The van der Waals surface area contributed by atoms with Gasteiger partial charge in [-0.1, -0.05) is 0 Å². The number of hydrogen-bond acceptors (Lipinski definition) is 6. The van der Waals surface area contributed by atoms with Crippen LogP contribution in [0.2, 0.25) is 0 Å². The summed E-state index contributed by atoms with van der Waals surface area (Å²) in [6.45, 7) is 3.95. The molecule has 0 atom stereocenters. The first-order chi connectivity index (χ1) is 14.7. The number of aromatic nitrogens is 4. The van der Waals surface area contributed by atoms with Gasteiger partial charge in [-0.2, -0.15) is 0 Å². The van der Waals surface area contributed by atoms with Gasteiger partial charge in [0.15, 0.2) is 5.65 Å². The topological polar surface area (TPSA) is 105 Å². The zero-order valence-electron chi connectivity index (χ0n) is 16.4. The molecule has 9 heteroatoms. The molecule has 1 amide bonds. The molecule has 0 bridgehead atoms. The van der Waals surface area contributed by atoms with E-state index in [2.05, 4.69) is 20.3 Å². The van der Waals surface area contributed by atoms with Gasteiger partial charge in [-0.3, -0.25) is 19.3 Å². The number of hydrogen-bond donors (Lipinski definition) is 2. The minimum absolute atomic E-state index is 0.0114. The smallest absolute Gasteiger partial charge is 0.332 e. The van der Waals surface area contributed by atoms with E-state index in [4.69, 9.17) is 4.74 Å². The molecular formula is C21H20N6O3. The third-order valence-corrected chi connectivity index (χ3v) is 5.18. The molecule has 1 fully saturated rings. The number of nitrogens with one attached hydrogen (secondary N) is 2. The van der Waals surface area contributed by atoms with Crippen LogP contribution in [0.3, 0.4) is 0 Å². The van der Waals surface area contributed by atoms with E-state index in [1.165, 1.54) is 0 Å². The highest BCUT2D eigenvalue weighted by Gasteiger charge is 2.20. The molecule has 4 heterocycles. The highest BCUT2D eigenvalue weighted by Crippen LogP contribution is 2.30. The van der Waals surface area contributed by atoms with Gasteiger partial charge >= 0.3 is 5.69 Å². The number of fused-ring (bicyclic) bond motifs is 2. The van der Waals surface area contributed by atoms with Crippen molar-refractivity contribution < 1.29 is 9.53 Å². The molecule has 9 nitrogen and oxygen atoms in total. The van der Waals surface area contributed by atoms with Crippen molar-refractivity contribution in [1.29, 1.82) is 0 Å². The van der Waals surface area contributed by atoms with E-state index in [1.54, 1.807) is 23.0 Å². The van der Waals surface area contributed by atoms with Crippen LogP contribution in [0.15, 0.2) is 47.5 Å². The Morgan fingerprint density at radius 2 is 2.00 bits per heavy atom. The normalized spacial score (nSPS) is 14.3. The van der Waals surface area contributed by atoms with Gasteiger partial charge in [0.2, 0.25) is 5.91 Å². The van der Waals surface area contributed by atoms with Gasteiger partial charge in [-0.25, -0.2) is 9.78 Å². The van der Waals surface area contributed by atoms with Crippen molar-refractivity contribution in [2.75, 3.05) is 31.1 Å². The number of nitrogens with zero attached hydrogens (tertiary/aromatic N) is 4. The number of aromatic amines is 1. The zero-order chi connectivity index (χ0) is 20.7. The van der Waals surface area contributed by atoms with Gasteiger partial charge in [0.05, 0.1) is 24.4 Å². The molecule has 1 aromatic carbocycles. The van der Waals surface area contributed by atoms with Gasteiger partial charge in [-0.15, -0.1) is 0 Å². The third-order valence-electron chi connectivity index (χ3n) is 5.18. The fraction of sp³-hybridized carbons (Fsp3) is 0.238. The molecule has 0 aliphatic carbocycles. The summed E-state index contributed by atoms with van der Waals surface area (Å²) < 4.78 is 7.29. The molecule has 0 unspecified atom stereocenters. The maximum atomic E-state index is 12.8. The van der Waals surface area contributed by atoms with E-state index < -0.39 is 0 Å². The van der Waals surface area contributed by atoms with Crippen molar-refractivity contribution in [3.8, 4) is 11.4 Å². The number of ether oxygens (including phenoxy) is 1. The summed E-state index contributed by atoms with van der Waals surface area (Å²) in [6.07, 6.45) is 3.34. The molecular weight excluding hydrogens is 384 g/mol. The Labute approximate surface area is 171 Å². The Balaban J connectivity index is 1.71. The largest absolute Gasteiger partial charge is 0.491 e. The van der Waals surface area contributed by atoms with Gasteiger partial charge in [0, 0.05) is 42.6 Å². The van der Waals surface area contributed by atoms with Crippen LogP contribution in [-0.4, -0.2) is 51.7 Å². The predicted molar refractivity (Wildman–Crippen MR) is 113 cm³/mol. The first kappa shape index (κ1) is 18.2.